The summed E-state index contributed by atoms with van der Waals surface area (Å²) in [6.45, 7) is 2.98. The van der Waals surface area contributed by atoms with Crippen molar-refractivity contribution in [1.29, 1.82) is 0 Å². The summed E-state index contributed by atoms with van der Waals surface area (Å²) in [7, 11) is 0. The Morgan fingerprint density at radius 2 is 1.83 bits per heavy atom. The number of rotatable bonds is 5. The van der Waals surface area contributed by atoms with Crippen molar-refractivity contribution in [3.63, 3.8) is 0 Å². The van der Waals surface area contributed by atoms with Crippen LogP contribution >= 0.6 is 0 Å². The highest BCUT2D eigenvalue weighted by atomic mass is 19.1. The predicted molar refractivity (Wildman–Crippen MR) is 107 cm³/mol. The van der Waals surface area contributed by atoms with Gasteiger partial charge in [-0.3, -0.25) is 4.90 Å². The zero-order chi connectivity index (χ0) is 21.5. The fraction of sp³-hybridized carbons (Fsp3) is 0.227. The van der Waals surface area contributed by atoms with Gasteiger partial charge in [-0.25, -0.2) is 14.0 Å². The Labute approximate surface area is 172 Å². The second-order valence-corrected chi connectivity index (χ2v) is 6.92. The zero-order valence-corrected chi connectivity index (χ0v) is 16.1. The van der Waals surface area contributed by atoms with E-state index in [2.05, 4.69) is 34.3 Å². The van der Waals surface area contributed by atoms with Gasteiger partial charge in [-0.05, 0) is 30.7 Å². The number of benzene rings is 2. The van der Waals surface area contributed by atoms with E-state index in [1.807, 2.05) is 6.07 Å². The molecular weight excluding hydrogens is 391 g/mol. The Morgan fingerprint density at radius 3 is 2.50 bits per heavy atom. The van der Waals surface area contributed by atoms with Crippen LogP contribution < -0.4 is 0 Å². The van der Waals surface area contributed by atoms with Gasteiger partial charge >= 0.3 is 11.9 Å². The van der Waals surface area contributed by atoms with E-state index in [-0.39, 0.29) is 5.82 Å². The third-order valence-electron chi connectivity index (χ3n) is 4.74. The third kappa shape index (κ3) is 5.74. The molecule has 1 fully saturated rings. The van der Waals surface area contributed by atoms with Gasteiger partial charge in [-0.15, -0.1) is 0 Å². The summed E-state index contributed by atoms with van der Waals surface area (Å²) in [4.78, 5) is 21.5. The molecule has 1 aromatic heterocycles. The number of hydrogen-bond donors (Lipinski definition) is 2. The first kappa shape index (κ1) is 21.2. The molecule has 2 aromatic carbocycles. The summed E-state index contributed by atoms with van der Waals surface area (Å²) in [5, 5.41) is 20.8. The number of aromatic nitrogens is 1. The van der Waals surface area contributed by atoms with Gasteiger partial charge in [-0.2, -0.15) is 0 Å². The number of carboxylic acids is 2. The molecule has 3 aromatic rings. The lowest BCUT2D eigenvalue weighted by atomic mass is 10.0. The molecule has 7 nitrogen and oxygen atoms in total. The summed E-state index contributed by atoms with van der Waals surface area (Å²) in [6, 6.07) is 15.1. The van der Waals surface area contributed by atoms with Crippen LogP contribution in [0.5, 0.6) is 0 Å². The molecule has 0 aliphatic carbocycles. The average Bonchev–Trinajstić information content (AvgIpc) is 3.34. The van der Waals surface area contributed by atoms with Gasteiger partial charge in [0.05, 0.1) is 5.69 Å². The van der Waals surface area contributed by atoms with Crippen molar-refractivity contribution < 1.29 is 28.7 Å². The standard InChI is InChI=1S/C18H17FN2O.C4H4O4/c19-15-6-7-16-17(10-15)22-20-18(16)14-8-9-21(12-14)11-13-4-2-1-3-5-13;5-3(6)1-2-4(7)8/h1-7,10,14H,8-9,11-12H2;1-2H,(H,5,6)(H,7,8). The van der Waals surface area contributed by atoms with E-state index >= 15 is 0 Å². The smallest absolute Gasteiger partial charge is 0.328 e. The van der Waals surface area contributed by atoms with Crippen molar-refractivity contribution in [2.24, 2.45) is 0 Å². The minimum atomic E-state index is -1.26. The van der Waals surface area contributed by atoms with E-state index in [4.69, 9.17) is 14.7 Å². The third-order valence-corrected chi connectivity index (χ3v) is 4.74. The number of halogens is 1. The van der Waals surface area contributed by atoms with Gasteiger partial charge in [0, 0.05) is 42.6 Å². The van der Waals surface area contributed by atoms with E-state index in [1.165, 1.54) is 17.7 Å². The molecule has 1 aliphatic heterocycles. The van der Waals surface area contributed by atoms with Crippen molar-refractivity contribution in [2.45, 2.75) is 18.9 Å². The van der Waals surface area contributed by atoms with Crippen molar-refractivity contribution in [2.75, 3.05) is 13.1 Å². The Hall–Kier alpha value is -3.52. The maximum atomic E-state index is 13.2. The molecule has 4 rings (SSSR count). The summed E-state index contributed by atoms with van der Waals surface area (Å²) < 4.78 is 18.5. The number of nitrogens with zero attached hydrogens (tertiary/aromatic N) is 2. The van der Waals surface area contributed by atoms with Crippen LogP contribution in [0, 0.1) is 5.82 Å². The van der Waals surface area contributed by atoms with Crippen molar-refractivity contribution in [3.05, 3.63) is 77.8 Å². The molecule has 30 heavy (non-hydrogen) atoms. The fourth-order valence-electron chi connectivity index (χ4n) is 3.41. The molecule has 1 aliphatic rings. The van der Waals surface area contributed by atoms with E-state index in [1.54, 1.807) is 6.07 Å². The highest BCUT2D eigenvalue weighted by Crippen LogP contribution is 2.32. The summed E-state index contributed by atoms with van der Waals surface area (Å²) in [6.07, 6.45) is 2.18. The molecule has 156 valence electrons. The van der Waals surface area contributed by atoms with E-state index in [0.29, 0.717) is 23.7 Å². The van der Waals surface area contributed by atoms with Gasteiger partial charge in [-0.1, -0.05) is 35.5 Å². The van der Waals surface area contributed by atoms with Crippen LogP contribution in [0.25, 0.3) is 11.0 Å². The molecule has 0 bridgehead atoms. The first-order valence-corrected chi connectivity index (χ1v) is 9.37. The Kier molecular flexibility index (Phi) is 6.92. The van der Waals surface area contributed by atoms with E-state index in [0.717, 1.165) is 37.1 Å². The maximum Gasteiger partial charge on any atom is 0.328 e. The van der Waals surface area contributed by atoms with Crippen LogP contribution in [0.15, 0.2) is 65.2 Å². The van der Waals surface area contributed by atoms with Crippen LogP contribution in [0.2, 0.25) is 0 Å². The van der Waals surface area contributed by atoms with Gasteiger partial charge in [0.15, 0.2) is 5.58 Å². The number of hydrogen-bond acceptors (Lipinski definition) is 5. The quantitative estimate of drug-likeness (QED) is 0.616. The molecular formula is C22H21FN2O5. The lowest BCUT2D eigenvalue weighted by Crippen LogP contribution is -2.19. The van der Waals surface area contributed by atoms with Crippen molar-refractivity contribution >= 4 is 22.9 Å². The molecule has 2 N–H and O–H groups in total. The van der Waals surface area contributed by atoms with Gasteiger partial charge in [0.1, 0.15) is 5.82 Å². The molecule has 1 saturated heterocycles. The minimum absolute atomic E-state index is 0.285. The van der Waals surface area contributed by atoms with Gasteiger partial charge < -0.3 is 14.7 Å². The Morgan fingerprint density at radius 1 is 1.13 bits per heavy atom. The summed E-state index contributed by atoms with van der Waals surface area (Å²) in [5.74, 6) is -2.44. The lowest BCUT2D eigenvalue weighted by molar-refractivity contribution is -0.134. The summed E-state index contributed by atoms with van der Waals surface area (Å²) >= 11 is 0. The van der Waals surface area contributed by atoms with Crippen LogP contribution in [-0.4, -0.2) is 45.3 Å². The molecule has 0 spiro atoms. The number of carbonyl (C=O) groups is 2. The molecule has 0 amide bonds. The van der Waals surface area contributed by atoms with Crippen molar-refractivity contribution in [1.82, 2.24) is 10.1 Å². The van der Waals surface area contributed by atoms with E-state index < -0.39 is 11.9 Å². The Balaban J connectivity index is 0.000000275. The molecule has 8 heteroatoms. The normalized spacial score (nSPS) is 16.5. The molecule has 1 atom stereocenters. The number of aliphatic carboxylic acids is 2. The first-order valence-electron chi connectivity index (χ1n) is 9.37. The van der Waals surface area contributed by atoms with E-state index in [9.17, 15) is 14.0 Å². The van der Waals surface area contributed by atoms with Crippen LogP contribution in [0.1, 0.15) is 23.6 Å². The second kappa shape index (κ2) is 9.80. The van der Waals surface area contributed by atoms with Crippen LogP contribution in [0.4, 0.5) is 4.39 Å². The SMILES string of the molecule is Fc1ccc2c(C3CCN(Cc4ccccc4)C3)noc2c1.O=C(O)C=CC(=O)O. The maximum absolute atomic E-state index is 13.2. The number of likely N-dealkylation sites (tertiary alicyclic amines) is 1. The highest BCUT2D eigenvalue weighted by Gasteiger charge is 2.28. The largest absolute Gasteiger partial charge is 0.478 e. The molecule has 0 saturated carbocycles. The molecule has 0 radical (unpaired) electrons. The molecule has 2 heterocycles. The topological polar surface area (TPSA) is 104 Å². The first-order chi connectivity index (χ1) is 14.4. The van der Waals surface area contributed by atoms with Gasteiger partial charge in [0.2, 0.25) is 0 Å². The highest BCUT2D eigenvalue weighted by molar-refractivity contribution is 5.89. The Bertz CT molecular complexity index is 1030. The number of fused-ring (bicyclic) bond motifs is 1. The predicted octanol–water partition coefficient (Wildman–Crippen LogP) is 3.67. The summed E-state index contributed by atoms with van der Waals surface area (Å²) in [5.41, 5.74) is 2.83. The second-order valence-electron chi connectivity index (χ2n) is 6.92. The average molecular weight is 412 g/mol. The number of carboxylic acid groups (broad SMARTS) is 2. The fourth-order valence-corrected chi connectivity index (χ4v) is 3.41. The van der Waals surface area contributed by atoms with Gasteiger partial charge in [0.25, 0.3) is 0 Å². The lowest BCUT2D eigenvalue weighted by Gasteiger charge is -2.15. The minimum Gasteiger partial charge on any atom is -0.478 e. The molecule has 1 unspecified atom stereocenters. The van der Waals surface area contributed by atoms with Crippen LogP contribution in [0.3, 0.4) is 0 Å². The van der Waals surface area contributed by atoms with Crippen LogP contribution in [-0.2, 0) is 16.1 Å². The monoisotopic (exact) mass is 412 g/mol. The zero-order valence-electron chi connectivity index (χ0n) is 16.1. The van der Waals surface area contributed by atoms with Crippen molar-refractivity contribution in [3.8, 4) is 0 Å².